The van der Waals surface area contributed by atoms with Crippen LogP contribution in [-0.2, 0) is 11.3 Å². The number of nitrogens with zero attached hydrogens (tertiary/aromatic N) is 3. The van der Waals surface area contributed by atoms with Gasteiger partial charge in [-0.1, -0.05) is 28.2 Å². The van der Waals surface area contributed by atoms with Gasteiger partial charge in [0.05, 0.1) is 24.4 Å². The van der Waals surface area contributed by atoms with Gasteiger partial charge in [-0.3, -0.25) is 0 Å². The third-order valence-corrected chi connectivity index (χ3v) is 4.61. The number of hydrogen-bond acceptors (Lipinski definition) is 6. The molecule has 0 radical (unpaired) electrons. The summed E-state index contributed by atoms with van der Waals surface area (Å²) in [4.78, 5) is 2.29. The highest BCUT2D eigenvalue weighted by atomic mass is 35.5. The minimum absolute atomic E-state index is 0.0988. The molecule has 0 unspecified atom stereocenters. The fraction of sp³-hybridized carbons (Fsp3) is 0.467. The molecular formula is C15H19ClN4OS. The first-order valence-corrected chi connectivity index (χ1v) is 8.49. The molecule has 0 amide bonds. The molecule has 7 heteroatoms. The Morgan fingerprint density at radius 2 is 2.27 bits per heavy atom. The Morgan fingerprint density at radius 1 is 1.45 bits per heavy atom. The molecule has 0 aliphatic carbocycles. The number of ether oxygens (including phenoxy) is 1. The largest absolute Gasteiger partial charge is 0.374 e. The van der Waals surface area contributed by atoms with Crippen molar-refractivity contribution in [3.63, 3.8) is 0 Å². The van der Waals surface area contributed by atoms with E-state index < -0.39 is 0 Å². The Bertz CT molecular complexity index is 578. The first-order valence-electron chi connectivity index (χ1n) is 7.27. The van der Waals surface area contributed by atoms with Gasteiger partial charge in [-0.2, -0.15) is 0 Å². The fourth-order valence-electron chi connectivity index (χ4n) is 2.62. The summed E-state index contributed by atoms with van der Waals surface area (Å²) in [7, 11) is 2.12. The maximum atomic E-state index is 6.01. The van der Waals surface area contributed by atoms with Gasteiger partial charge < -0.3 is 15.0 Å². The number of aromatic nitrogens is 2. The van der Waals surface area contributed by atoms with Crippen LogP contribution < -0.4 is 5.32 Å². The second-order valence-corrected chi connectivity index (χ2v) is 6.52. The van der Waals surface area contributed by atoms with Gasteiger partial charge in [-0.15, -0.1) is 5.10 Å². The lowest BCUT2D eigenvalue weighted by atomic mass is 10.00. The van der Waals surface area contributed by atoms with Gasteiger partial charge in [-0.05, 0) is 36.3 Å². The summed E-state index contributed by atoms with van der Waals surface area (Å²) < 4.78 is 9.90. The van der Waals surface area contributed by atoms with E-state index in [1.807, 2.05) is 17.5 Å². The molecule has 1 N–H and O–H groups in total. The normalized spacial score (nSPS) is 20.9. The minimum atomic E-state index is 0.0988. The Morgan fingerprint density at radius 3 is 2.95 bits per heavy atom. The maximum Gasteiger partial charge on any atom is 0.0896 e. The van der Waals surface area contributed by atoms with Crippen LogP contribution in [0.5, 0.6) is 0 Å². The molecule has 2 atom stereocenters. The zero-order chi connectivity index (χ0) is 15.4. The van der Waals surface area contributed by atoms with E-state index in [1.54, 1.807) is 0 Å². The van der Waals surface area contributed by atoms with Crippen LogP contribution in [0.2, 0.25) is 5.02 Å². The van der Waals surface area contributed by atoms with Crippen molar-refractivity contribution in [1.82, 2.24) is 19.8 Å². The number of morpholine rings is 1. The van der Waals surface area contributed by atoms with Gasteiger partial charge in [0, 0.05) is 30.0 Å². The van der Waals surface area contributed by atoms with Crippen LogP contribution in [0.15, 0.2) is 29.6 Å². The van der Waals surface area contributed by atoms with E-state index in [0.29, 0.717) is 6.54 Å². The molecule has 2 heterocycles. The van der Waals surface area contributed by atoms with Crippen LogP contribution in [0.3, 0.4) is 0 Å². The van der Waals surface area contributed by atoms with Gasteiger partial charge in [0.1, 0.15) is 0 Å². The molecule has 1 aliphatic heterocycles. The van der Waals surface area contributed by atoms with Gasteiger partial charge in [-0.25, -0.2) is 0 Å². The average molecular weight is 339 g/mol. The summed E-state index contributed by atoms with van der Waals surface area (Å²) in [6, 6.07) is 8.04. The second kappa shape index (κ2) is 7.48. The van der Waals surface area contributed by atoms with E-state index in [9.17, 15) is 0 Å². The first kappa shape index (κ1) is 15.8. The predicted octanol–water partition coefficient (Wildman–Crippen LogP) is 2.35. The number of hydrogen-bond donors (Lipinski definition) is 1. The first-order chi connectivity index (χ1) is 10.7. The van der Waals surface area contributed by atoms with Gasteiger partial charge in [0.25, 0.3) is 0 Å². The van der Waals surface area contributed by atoms with Crippen molar-refractivity contribution in [3.8, 4) is 0 Å². The van der Waals surface area contributed by atoms with Crippen LogP contribution in [0.1, 0.15) is 17.3 Å². The maximum absolute atomic E-state index is 6.01. The summed E-state index contributed by atoms with van der Waals surface area (Å²) in [5.41, 5.74) is 2.13. The topological polar surface area (TPSA) is 50.3 Å². The van der Waals surface area contributed by atoms with Crippen LogP contribution in [-0.4, -0.2) is 47.3 Å². The van der Waals surface area contributed by atoms with Crippen molar-refractivity contribution < 1.29 is 4.74 Å². The van der Waals surface area contributed by atoms with E-state index in [-0.39, 0.29) is 12.1 Å². The summed E-state index contributed by atoms with van der Waals surface area (Å²) in [6.07, 6.45) is 0.103. The minimum Gasteiger partial charge on any atom is -0.374 e. The van der Waals surface area contributed by atoms with E-state index in [1.165, 1.54) is 17.1 Å². The van der Waals surface area contributed by atoms with Crippen molar-refractivity contribution in [2.75, 3.05) is 26.7 Å². The molecule has 1 aromatic heterocycles. The van der Waals surface area contributed by atoms with E-state index in [4.69, 9.17) is 16.3 Å². The van der Waals surface area contributed by atoms with Gasteiger partial charge >= 0.3 is 0 Å². The molecule has 1 saturated heterocycles. The highest BCUT2D eigenvalue weighted by Gasteiger charge is 2.28. The van der Waals surface area contributed by atoms with Crippen LogP contribution in [0.25, 0.3) is 0 Å². The number of benzene rings is 1. The summed E-state index contributed by atoms with van der Waals surface area (Å²) in [5, 5.41) is 10.3. The van der Waals surface area contributed by atoms with Crippen molar-refractivity contribution in [3.05, 3.63) is 45.9 Å². The number of rotatable bonds is 5. The van der Waals surface area contributed by atoms with Crippen molar-refractivity contribution in [2.24, 2.45) is 0 Å². The van der Waals surface area contributed by atoms with Crippen molar-refractivity contribution in [2.45, 2.75) is 18.7 Å². The quantitative estimate of drug-likeness (QED) is 0.907. The Hall–Kier alpha value is -1.05. The van der Waals surface area contributed by atoms with E-state index >= 15 is 0 Å². The van der Waals surface area contributed by atoms with Gasteiger partial charge in [0.2, 0.25) is 0 Å². The van der Waals surface area contributed by atoms with Crippen LogP contribution >= 0.6 is 23.1 Å². The third kappa shape index (κ3) is 4.02. The molecule has 5 nitrogen and oxygen atoms in total. The molecule has 22 heavy (non-hydrogen) atoms. The smallest absolute Gasteiger partial charge is 0.0896 e. The van der Waals surface area contributed by atoms with Crippen molar-refractivity contribution in [1.29, 1.82) is 0 Å². The standard InChI is InChI=1S/C15H19ClN4OS/c1-20-6-7-21-14(9-20)15(11-2-4-12(16)5-3-11)17-8-13-10-22-19-18-13/h2-5,10,14-15,17H,6-9H2,1H3/t14-,15+/m0/s1. The highest BCUT2D eigenvalue weighted by Crippen LogP contribution is 2.24. The molecule has 0 spiro atoms. The molecule has 118 valence electrons. The SMILES string of the molecule is CN1CCO[C@H]([C@H](NCc2csnn2)c2ccc(Cl)cc2)C1. The van der Waals surface area contributed by atoms with Crippen LogP contribution in [0, 0.1) is 0 Å². The average Bonchev–Trinajstić information content (AvgIpc) is 3.03. The van der Waals surface area contributed by atoms with E-state index in [0.717, 1.165) is 30.4 Å². The van der Waals surface area contributed by atoms with E-state index in [2.05, 4.69) is 39.0 Å². The van der Waals surface area contributed by atoms with Crippen LogP contribution in [0.4, 0.5) is 0 Å². The number of halogens is 1. The molecular weight excluding hydrogens is 320 g/mol. The molecule has 0 saturated carbocycles. The zero-order valence-corrected chi connectivity index (χ0v) is 14.0. The fourth-order valence-corrected chi connectivity index (χ4v) is 3.20. The second-order valence-electron chi connectivity index (χ2n) is 5.48. The van der Waals surface area contributed by atoms with Gasteiger partial charge in [0.15, 0.2) is 0 Å². The Balaban J connectivity index is 1.76. The van der Waals surface area contributed by atoms with Crippen molar-refractivity contribution >= 4 is 23.1 Å². The molecule has 2 aromatic rings. The lowest BCUT2D eigenvalue weighted by Gasteiger charge is -2.35. The summed E-state index contributed by atoms with van der Waals surface area (Å²) in [6.45, 7) is 3.30. The highest BCUT2D eigenvalue weighted by molar-refractivity contribution is 7.03. The monoisotopic (exact) mass is 338 g/mol. The molecule has 3 rings (SSSR count). The summed E-state index contributed by atoms with van der Waals surface area (Å²) >= 11 is 7.37. The predicted molar refractivity (Wildman–Crippen MR) is 88.2 cm³/mol. The molecule has 1 fully saturated rings. The molecule has 1 aliphatic rings. The molecule has 0 bridgehead atoms. The lowest BCUT2D eigenvalue weighted by Crippen LogP contribution is -2.46. The molecule has 1 aromatic carbocycles. The number of nitrogens with one attached hydrogen (secondary N) is 1. The Labute approximate surface area is 139 Å². The third-order valence-electron chi connectivity index (χ3n) is 3.81. The lowest BCUT2D eigenvalue weighted by molar-refractivity contribution is -0.0396. The number of likely N-dealkylation sites (N-methyl/N-ethyl adjacent to an activating group) is 1. The Kier molecular flexibility index (Phi) is 5.38. The summed E-state index contributed by atoms with van der Waals surface area (Å²) in [5.74, 6) is 0. The zero-order valence-electron chi connectivity index (χ0n) is 12.4.